The van der Waals surface area contributed by atoms with Crippen LogP contribution in [0.15, 0.2) is 48.9 Å². The molecule has 1 N–H and O–H groups in total. The molecule has 4 heterocycles. The van der Waals surface area contributed by atoms with Crippen molar-refractivity contribution in [1.82, 2.24) is 19.9 Å². The molecule has 8 heteroatoms. The van der Waals surface area contributed by atoms with Crippen molar-refractivity contribution < 1.29 is 9.59 Å². The molecule has 1 aromatic carbocycles. The van der Waals surface area contributed by atoms with Gasteiger partial charge in [-0.3, -0.25) is 14.6 Å². The van der Waals surface area contributed by atoms with E-state index in [1.165, 1.54) is 6.42 Å². The average Bonchev–Trinajstić information content (AvgIpc) is 3.13. The first-order valence-corrected chi connectivity index (χ1v) is 10.8. The molecule has 162 valence electrons. The minimum atomic E-state index is -0.326. The van der Waals surface area contributed by atoms with Gasteiger partial charge in [0.2, 0.25) is 5.95 Å². The fourth-order valence-corrected chi connectivity index (χ4v) is 4.23. The molecule has 0 aliphatic carbocycles. The lowest BCUT2D eigenvalue weighted by Crippen LogP contribution is -2.31. The van der Waals surface area contributed by atoms with Crippen molar-refractivity contribution in [2.75, 3.05) is 30.4 Å². The molecule has 2 aliphatic heterocycles. The van der Waals surface area contributed by atoms with Crippen molar-refractivity contribution in [3.63, 3.8) is 0 Å². The zero-order chi connectivity index (χ0) is 22.1. The third kappa shape index (κ3) is 3.79. The maximum Gasteiger partial charge on any atom is 0.259 e. The smallest absolute Gasteiger partial charge is 0.259 e. The van der Waals surface area contributed by atoms with Gasteiger partial charge in [0, 0.05) is 62.1 Å². The predicted octanol–water partition coefficient (Wildman–Crippen LogP) is 3.37. The molecule has 1 fully saturated rings. The second kappa shape index (κ2) is 8.37. The number of hydrogen-bond donors (Lipinski definition) is 1. The summed E-state index contributed by atoms with van der Waals surface area (Å²) in [6.07, 6.45) is 8.41. The molecule has 8 nitrogen and oxygen atoms in total. The average molecular weight is 428 g/mol. The van der Waals surface area contributed by atoms with Crippen molar-refractivity contribution >= 4 is 23.5 Å². The molecular formula is C24H24N6O2. The lowest BCUT2D eigenvalue weighted by atomic mass is 10.1. The number of carbonyl (C=O) groups excluding carboxylic acids is 2. The lowest BCUT2D eigenvalue weighted by Gasteiger charge is -2.27. The van der Waals surface area contributed by atoms with E-state index in [0.29, 0.717) is 35.0 Å². The Morgan fingerprint density at radius 1 is 1.09 bits per heavy atom. The Balaban J connectivity index is 1.47. The quantitative estimate of drug-likeness (QED) is 0.685. The van der Waals surface area contributed by atoms with Crippen LogP contribution in [0.5, 0.6) is 0 Å². The van der Waals surface area contributed by atoms with Gasteiger partial charge in [-0.25, -0.2) is 9.97 Å². The molecule has 0 spiro atoms. The van der Waals surface area contributed by atoms with Crippen LogP contribution in [0.2, 0.25) is 0 Å². The van der Waals surface area contributed by atoms with Gasteiger partial charge >= 0.3 is 0 Å². The maximum atomic E-state index is 13.2. The van der Waals surface area contributed by atoms with Gasteiger partial charge in [0.05, 0.1) is 11.3 Å². The Bertz CT molecular complexity index is 1170. The van der Waals surface area contributed by atoms with Gasteiger partial charge in [-0.15, -0.1) is 0 Å². The van der Waals surface area contributed by atoms with E-state index < -0.39 is 0 Å². The topological polar surface area (TPSA) is 91.3 Å². The number of anilines is 2. The number of hydrogen-bond acceptors (Lipinski definition) is 6. The standard InChI is InChI=1S/C24H24N6O2/c1-29-15-17-7-8-18(12-19(17)23(29)32)27-22(31)20-14-26-24(30-10-3-2-4-11-30)28-21(20)16-6-5-9-25-13-16/h5-9,12-14H,2-4,10-11,15H2,1H3,(H,27,31). The van der Waals surface area contributed by atoms with E-state index >= 15 is 0 Å². The summed E-state index contributed by atoms with van der Waals surface area (Å²) < 4.78 is 0. The molecule has 0 radical (unpaired) electrons. The molecule has 2 aliphatic rings. The van der Waals surface area contributed by atoms with E-state index in [-0.39, 0.29) is 11.8 Å². The number of fused-ring (bicyclic) bond motifs is 1. The van der Waals surface area contributed by atoms with E-state index in [0.717, 1.165) is 37.1 Å². The first-order valence-electron chi connectivity index (χ1n) is 10.8. The molecule has 0 atom stereocenters. The van der Waals surface area contributed by atoms with Crippen molar-refractivity contribution in [2.24, 2.45) is 0 Å². The van der Waals surface area contributed by atoms with Crippen molar-refractivity contribution in [1.29, 1.82) is 0 Å². The highest BCUT2D eigenvalue weighted by molar-refractivity contribution is 6.08. The van der Waals surface area contributed by atoms with Crippen LogP contribution in [0.4, 0.5) is 11.6 Å². The highest BCUT2D eigenvalue weighted by Gasteiger charge is 2.25. The number of amides is 2. The number of piperidine rings is 1. The summed E-state index contributed by atoms with van der Waals surface area (Å²) >= 11 is 0. The normalized spacial score (nSPS) is 15.6. The number of nitrogens with one attached hydrogen (secondary N) is 1. The molecule has 2 aromatic heterocycles. The molecule has 0 saturated carbocycles. The molecule has 5 rings (SSSR count). The van der Waals surface area contributed by atoms with E-state index in [2.05, 4.69) is 20.2 Å². The number of benzene rings is 1. The van der Waals surface area contributed by atoms with Crippen molar-refractivity contribution in [2.45, 2.75) is 25.8 Å². The number of pyridine rings is 1. The minimum absolute atomic E-state index is 0.0404. The van der Waals surface area contributed by atoms with Crippen LogP contribution in [0.1, 0.15) is 45.5 Å². The van der Waals surface area contributed by atoms with Gasteiger partial charge in [0.1, 0.15) is 0 Å². The van der Waals surface area contributed by atoms with Gasteiger partial charge in [-0.05, 0) is 49.1 Å². The Kier molecular flexibility index (Phi) is 5.26. The molecule has 1 saturated heterocycles. The number of nitrogens with zero attached hydrogens (tertiary/aromatic N) is 5. The second-order valence-electron chi connectivity index (χ2n) is 8.21. The summed E-state index contributed by atoms with van der Waals surface area (Å²) in [6, 6.07) is 9.13. The van der Waals surface area contributed by atoms with Gasteiger partial charge < -0.3 is 15.1 Å². The molecule has 32 heavy (non-hydrogen) atoms. The first kappa shape index (κ1) is 20.1. The summed E-state index contributed by atoms with van der Waals surface area (Å²) in [6.45, 7) is 2.41. The van der Waals surface area contributed by atoms with Crippen LogP contribution in [0.25, 0.3) is 11.3 Å². The third-order valence-corrected chi connectivity index (χ3v) is 5.95. The van der Waals surface area contributed by atoms with Crippen LogP contribution in [-0.4, -0.2) is 51.8 Å². The zero-order valence-corrected chi connectivity index (χ0v) is 17.9. The zero-order valence-electron chi connectivity index (χ0n) is 17.9. The van der Waals surface area contributed by atoms with Gasteiger partial charge in [0.15, 0.2) is 0 Å². The molecule has 0 unspecified atom stereocenters. The number of aromatic nitrogens is 3. The Hall–Kier alpha value is -3.81. The summed E-state index contributed by atoms with van der Waals surface area (Å²) in [4.78, 5) is 42.8. The fourth-order valence-electron chi connectivity index (χ4n) is 4.23. The van der Waals surface area contributed by atoms with Crippen molar-refractivity contribution in [3.05, 3.63) is 65.6 Å². The lowest BCUT2D eigenvalue weighted by molar-refractivity contribution is 0.0816. The summed E-state index contributed by atoms with van der Waals surface area (Å²) in [7, 11) is 1.77. The molecular weight excluding hydrogens is 404 g/mol. The van der Waals surface area contributed by atoms with Crippen molar-refractivity contribution in [3.8, 4) is 11.3 Å². The van der Waals surface area contributed by atoms with Crippen LogP contribution in [-0.2, 0) is 6.54 Å². The Morgan fingerprint density at radius 3 is 2.72 bits per heavy atom. The fraction of sp³-hybridized carbons (Fsp3) is 0.292. The van der Waals surface area contributed by atoms with Crippen LogP contribution in [0.3, 0.4) is 0 Å². The molecule has 0 bridgehead atoms. The summed E-state index contributed by atoms with van der Waals surface area (Å²) in [5, 5.41) is 2.91. The number of rotatable bonds is 4. The summed E-state index contributed by atoms with van der Waals surface area (Å²) in [5.41, 5.74) is 3.81. The van der Waals surface area contributed by atoms with Gasteiger partial charge in [0.25, 0.3) is 11.8 Å². The minimum Gasteiger partial charge on any atom is -0.341 e. The van der Waals surface area contributed by atoms with Crippen LogP contribution in [0, 0.1) is 0 Å². The third-order valence-electron chi connectivity index (χ3n) is 5.95. The summed E-state index contributed by atoms with van der Waals surface area (Å²) in [5.74, 6) is 0.264. The van der Waals surface area contributed by atoms with Gasteiger partial charge in [-0.1, -0.05) is 6.07 Å². The first-order chi connectivity index (χ1) is 15.6. The van der Waals surface area contributed by atoms with Crippen LogP contribution >= 0.6 is 0 Å². The van der Waals surface area contributed by atoms with E-state index in [9.17, 15) is 9.59 Å². The highest BCUT2D eigenvalue weighted by atomic mass is 16.2. The van der Waals surface area contributed by atoms with Gasteiger partial charge in [-0.2, -0.15) is 0 Å². The molecule has 3 aromatic rings. The number of carbonyl (C=O) groups is 2. The maximum absolute atomic E-state index is 13.2. The monoisotopic (exact) mass is 428 g/mol. The van der Waals surface area contributed by atoms with E-state index in [4.69, 9.17) is 4.98 Å². The predicted molar refractivity (Wildman–Crippen MR) is 122 cm³/mol. The second-order valence-corrected chi connectivity index (χ2v) is 8.21. The van der Waals surface area contributed by atoms with Crippen LogP contribution < -0.4 is 10.2 Å². The largest absolute Gasteiger partial charge is 0.341 e. The van der Waals surface area contributed by atoms with E-state index in [1.807, 2.05) is 24.3 Å². The molecule has 2 amide bonds. The highest BCUT2D eigenvalue weighted by Crippen LogP contribution is 2.27. The van der Waals surface area contributed by atoms with E-state index in [1.54, 1.807) is 36.6 Å². The Labute approximate surface area is 186 Å². The SMILES string of the molecule is CN1Cc2ccc(NC(=O)c3cnc(N4CCCCC4)nc3-c3cccnc3)cc2C1=O. The Morgan fingerprint density at radius 2 is 1.94 bits per heavy atom.